The fourth-order valence-corrected chi connectivity index (χ4v) is 2.78. The van der Waals surface area contributed by atoms with Gasteiger partial charge in [0.25, 0.3) is 0 Å². The van der Waals surface area contributed by atoms with Crippen LogP contribution in [0.1, 0.15) is 31.1 Å². The number of hydrogen-bond acceptors (Lipinski definition) is 5. The predicted molar refractivity (Wildman–Crippen MR) is 93.8 cm³/mol. The molecule has 1 aliphatic heterocycles. The number of hydrogen-bond donors (Lipinski definition) is 0. The van der Waals surface area contributed by atoms with Gasteiger partial charge in [0, 0.05) is 13.1 Å². The molecule has 0 atom stereocenters. The van der Waals surface area contributed by atoms with Gasteiger partial charge in [-0.15, -0.1) is 10.2 Å². The minimum atomic E-state index is -0.313. The highest BCUT2D eigenvalue weighted by Gasteiger charge is 2.33. The topological polar surface area (TPSA) is 63.5 Å². The molecule has 0 saturated heterocycles. The molecule has 2 heterocycles. The maximum Gasteiger partial charge on any atom is 0.410 e. The van der Waals surface area contributed by atoms with E-state index in [0.29, 0.717) is 19.6 Å². The Kier molecular flexibility index (Phi) is 4.76. The smallest absolute Gasteiger partial charge is 0.410 e. The lowest BCUT2D eigenvalue weighted by Gasteiger charge is -2.34. The highest BCUT2D eigenvalue weighted by atomic mass is 16.6. The molecular weight excluding hydrogens is 318 g/mol. The van der Waals surface area contributed by atoms with E-state index in [2.05, 4.69) is 33.5 Å². The van der Waals surface area contributed by atoms with E-state index in [1.54, 1.807) is 4.90 Å². The molecule has 0 saturated carbocycles. The Hall–Kier alpha value is -2.41. The molecule has 0 fully saturated rings. The first-order chi connectivity index (χ1) is 11.9. The van der Waals surface area contributed by atoms with Gasteiger partial charge in [-0.2, -0.15) is 0 Å². The van der Waals surface area contributed by atoms with Gasteiger partial charge >= 0.3 is 6.09 Å². The first kappa shape index (κ1) is 17.4. The van der Waals surface area contributed by atoms with Crippen molar-refractivity contribution >= 4 is 6.09 Å². The average molecular weight is 343 g/mol. The van der Waals surface area contributed by atoms with Crippen LogP contribution in [0.3, 0.4) is 0 Å². The standard InChI is InChI=1S/C18H25N5O2/c1-18(2,21(3)4)16-20-19-15-12-22(10-11-23(15)16)17(24)25-13-14-8-6-5-7-9-14/h5-9H,10-13H2,1-4H3. The number of amides is 1. The van der Waals surface area contributed by atoms with Crippen LogP contribution in [0.5, 0.6) is 0 Å². The van der Waals surface area contributed by atoms with E-state index in [1.165, 1.54) is 0 Å². The normalized spacial score (nSPS) is 14.5. The number of nitrogens with zero attached hydrogens (tertiary/aromatic N) is 5. The van der Waals surface area contributed by atoms with Crippen molar-refractivity contribution in [1.82, 2.24) is 24.6 Å². The second-order valence-electron chi connectivity index (χ2n) is 7.01. The van der Waals surface area contributed by atoms with Crippen LogP contribution in [0.4, 0.5) is 4.79 Å². The average Bonchev–Trinajstić information content (AvgIpc) is 3.04. The summed E-state index contributed by atoms with van der Waals surface area (Å²) in [6, 6.07) is 9.68. The number of benzene rings is 1. The zero-order valence-corrected chi connectivity index (χ0v) is 15.3. The van der Waals surface area contributed by atoms with Crippen molar-refractivity contribution in [3.8, 4) is 0 Å². The summed E-state index contributed by atoms with van der Waals surface area (Å²) in [5, 5.41) is 8.66. The van der Waals surface area contributed by atoms with Gasteiger partial charge in [-0.1, -0.05) is 30.3 Å². The van der Waals surface area contributed by atoms with Crippen molar-refractivity contribution in [1.29, 1.82) is 0 Å². The van der Waals surface area contributed by atoms with Gasteiger partial charge in [-0.3, -0.25) is 9.80 Å². The SMILES string of the molecule is CN(C)C(C)(C)c1nnc2n1CCN(C(=O)OCc1ccccc1)C2. The molecule has 0 bridgehead atoms. The van der Waals surface area contributed by atoms with Gasteiger partial charge in [0.05, 0.1) is 12.1 Å². The highest BCUT2D eigenvalue weighted by Crippen LogP contribution is 2.26. The van der Waals surface area contributed by atoms with E-state index < -0.39 is 0 Å². The van der Waals surface area contributed by atoms with Crippen molar-refractivity contribution in [2.75, 3.05) is 20.6 Å². The molecule has 1 aromatic carbocycles. The largest absolute Gasteiger partial charge is 0.445 e. The molecule has 7 heteroatoms. The maximum atomic E-state index is 12.3. The highest BCUT2D eigenvalue weighted by molar-refractivity contribution is 5.67. The predicted octanol–water partition coefficient (Wildman–Crippen LogP) is 2.23. The van der Waals surface area contributed by atoms with E-state index in [4.69, 9.17) is 4.74 Å². The molecule has 3 rings (SSSR count). The lowest BCUT2D eigenvalue weighted by Crippen LogP contribution is -2.42. The van der Waals surface area contributed by atoms with Crippen LogP contribution in [-0.2, 0) is 30.0 Å². The molecule has 25 heavy (non-hydrogen) atoms. The number of rotatable bonds is 4. The van der Waals surface area contributed by atoms with E-state index in [0.717, 1.165) is 17.2 Å². The molecule has 0 radical (unpaired) electrons. The molecule has 2 aromatic rings. The molecule has 0 N–H and O–H groups in total. The van der Waals surface area contributed by atoms with Crippen molar-refractivity contribution in [3.63, 3.8) is 0 Å². The minimum absolute atomic E-state index is 0.221. The number of aromatic nitrogens is 3. The maximum absolute atomic E-state index is 12.3. The Bertz CT molecular complexity index is 739. The monoisotopic (exact) mass is 343 g/mol. The van der Waals surface area contributed by atoms with E-state index in [-0.39, 0.29) is 18.2 Å². The van der Waals surface area contributed by atoms with Gasteiger partial charge in [-0.25, -0.2) is 4.79 Å². The third-order valence-electron chi connectivity index (χ3n) is 4.88. The summed E-state index contributed by atoms with van der Waals surface area (Å²) in [6.45, 7) is 6.20. The van der Waals surface area contributed by atoms with Crippen molar-refractivity contribution in [2.45, 2.75) is 39.1 Å². The van der Waals surface area contributed by atoms with Gasteiger partial charge in [-0.05, 0) is 33.5 Å². The first-order valence-corrected chi connectivity index (χ1v) is 8.45. The summed E-state index contributed by atoms with van der Waals surface area (Å²) in [6.07, 6.45) is -0.313. The van der Waals surface area contributed by atoms with Crippen LogP contribution in [0.25, 0.3) is 0 Å². The van der Waals surface area contributed by atoms with Gasteiger partial charge in [0.2, 0.25) is 0 Å². The third-order valence-corrected chi connectivity index (χ3v) is 4.88. The molecule has 1 amide bonds. The fourth-order valence-electron chi connectivity index (χ4n) is 2.78. The number of ether oxygens (including phenoxy) is 1. The first-order valence-electron chi connectivity index (χ1n) is 8.45. The number of fused-ring (bicyclic) bond motifs is 1. The summed E-state index contributed by atoms with van der Waals surface area (Å²) in [5.74, 6) is 1.72. The lowest BCUT2D eigenvalue weighted by atomic mass is 10.0. The van der Waals surface area contributed by atoms with Crippen LogP contribution >= 0.6 is 0 Å². The number of carbonyl (C=O) groups excluding carboxylic acids is 1. The molecule has 134 valence electrons. The summed E-state index contributed by atoms with van der Waals surface area (Å²) < 4.78 is 7.53. The molecule has 1 aromatic heterocycles. The van der Waals surface area contributed by atoms with E-state index >= 15 is 0 Å². The van der Waals surface area contributed by atoms with Crippen LogP contribution in [-0.4, -0.2) is 51.3 Å². The Labute approximate surface area is 148 Å². The van der Waals surface area contributed by atoms with Crippen LogP contribution in [0.15, 0.2) is 30.3 Å². The third kappa shape index (κ3) is 3.51. The summed E-state index contributed by atoms with van der Waals surface area (Å²) in [4.78, 5) is 16.1. The van der Waals surface area contributed by atoms with Crippen LogP contribution < -0.4 is 0 Å². The zero-order valence-electron chi connectivity index (χ0n) is 15.3. The Morgan fingerprint density at radius 2 is 1.92 bits per heavy atom. The summed E-state index contributed by atoms with van der Waals surface area (Å²) in [7, 11) is 4.05. The van der Waals surface area contributed by atoms with Gasteiger partial charge in [0.15, 0.2) is 11.6 Å². The Morgan fingerprint density at radius 1 is 1.20 bits per heavy atom. The van der Waals surface area contributed by atoms with Crippen molar-refractivity contribution < 1.29 is 9.53 Å². The molecule has 0 aliphatic carbocycles. The molecule has 0 spiro atoms. The van der Waals surface area contributed by atoms with Crippen LogP contribution in [0.2, 0.25) is 0 Å². The molecule has 0 unspecified atom stereocenters. The minimum Gasteiger partial charge on any atom is -0.445 e. The molecule has 7 nitrogen and oxygen atoms in total. The second kappa shape index (κ2) is 6.84. The van der Waals surface area contributed by atoms with E-state index in [9.17, 15) is 4.79 Å². The second-order valence-corrected chi connectivity index (χ2v) is 7.01. The lowest BCUT2D eigenvalue weighted by molar-refractivity contribution is 0.0847. The summed E-state index contributed by atoms with van der Waals surface area (Å²) >= 11 is 0. The Balaban J connectivity index is 1.66. The zero-order chi connectivity index (χ0) is 18.0. The Morgan fingerprint density at radius 3 is 2.60 bits per heavy atom. The molecule has 1 aliphatic rings. The van der Waals surface area contributed by atoms with Crippen molar-refractivity contribution in [2.24, 2.45) is 0 Å². The van der Waals surface area contributed by atoms with E-state index in [1.807, 2.05) is 44.4 Å². The van der Waals surface area contributed by atoms with Crippen LogP contribution in [0, 0.1) is 0 Å². The molecular formula is C18H25N5O2. The quantitative estimate of drug-likeness (QED) is 0.852. The van der Waals surface area contributed by atoms with Crippen molar-refractivity contribution in [3.05, 3.63) is 47.5 Å². The summed E-state index contributed by atoms with van der Waals surface area (Å²) in [5.41, 5.74) is 0.757. The number of carbonyl (C=O) groups is 1. The van der Waals surface area contributed by atoms with Gasteiger partial charge in [0.1, 0.15) is 6.61 Å². The van der Waals surface area contributed by atoms with Gasteiger partial charge < -0.3 is 9.30 Å². The fraction of sp³-hybridized carbons (Fsp3) is 0.500.